The third-order valence-corrected chi connectivity index (χ3v) is 4.97. The zero-order valence-corrected chi connectivity index (χ0v) is 13.8. The monoisotopic (exact) mass is 293 g/mol. The van der Waals surface area contributed by atoms with Gasteiger partial charge in [-0.3, -0.25) is 4.98 Å². The van der Waals surface area contributed by atoms with Crippen LogP contribution in [0, 0.1) is 6.92 Å². The standard InChI is InChI=1S/C20H23NO/c1-5-20(4,6-2)17-10-14(3)9-16(11-17)18-12-19-15(13-21-18)7-8-22-19/h7-13H,5-6H2,1-4H3. The molecule has 0 spiro atoms. The Labute approximate surface area is 132 Å². The first-order valence-corrected chi connectivity index (χ1v) is 8.01. The Morgan fingerprint density at radius 3 is 2.59 bits per heavy atom. The van der Waals surface area contributed by atoms with Gasteiger partial charge < -0.3 is 4.42 Å². The van der Waals surface area contributed by atoms with Crippen molar-refractivity contribution in [2.24, 2.45) is 0 Å². The van der Waals surface area contributed by atoms with E-state index in [4.69, 9.17) is 4.42 Å². The van der Waals surface area contributed by atoms with Crippen molar-refractivity contribution < 1.29 is 4.42 Å². The number of rotatable bonds is 4. The smallest absolute Gasteiger partial charge is 0.137 e. The third-order valence-electron chi connectivity index (χ3n) is 4.97. The van der Waals surface area contributed by atoms with Gasteiger partial charge in [-0.05, 0) is 48.9 Å². The number of aromatic nitrogens is 1. The Morgan fingerprint density at radius 1 is 1.09 bits per heavy atom. The van der Waals surface area contributed by atoms with E-state index in [0.717, 1.165) is 29.5 Å². The Balaban J connectivity index is 2.12. The number of fused-ring (bicyclic) bond motifs is 1. The van der Waals surface area contributed by atoms with Crippen LogP contribution in [0.2, 0.25) is 0 Å². The quantitative estimate of drug-likeness (QED) is 0.600. The zero-order chi connectivity index (χ0) is 15.7. The Kier molecular flexibility index (Phi) is 3.78. The molecule has 3 aromatic rings. The van der Waals surface area contributed by atoms with Crippen LogP contribution in [-0.2, 0) is 5.41 Å². The number of pyridine rings is 1. The summed E-state index contributed by atoms with van der Waals surface area (Å²) in [7, 11) is 0. The molecule has 0 saturated carbocycles. The van der Waals surface area contributed by atoms with Crippen molar-refractivity contribution in [1.82, 2.24) is 4.98 Å². The lowest BCUT2D eigenvalue weighted by molar-refractivity contribution is 0.439. The Hall–Kier alpha value is -2.09. The molecule has 3 rings (SSSR count). The first kappa shape index (κ1) is 14.8. The van der Waals surface area contributed by atoms with Crippen LogP contribution < -0.4 is 0 Å². The van der Waals surface area contributed by atoms with E-state index < -0.39 is 0 Å². The Morgan fingerprint density at radius 2 is 1.86 bits per heavy atom. The highest BCUT2D eigenvalue weighted by Crippen LogP contribution is 2.34. The average Bonchev–Trinajstić information content (AvgIpc) is 3.01. The summed E-state index contributed by atoms with van der Waals surface area (Å²) >= 11 is 0. The van der Waals surface area contributed by atoms with Crippen molar-refractivity contribution in [3.63, 3.8) is 0 Å². The number of hydrogen-bond acceptors (Lipinski definition) is 2. The second kappa shape index (κ2) is 5.60. The van der Waals surface area contributed by atoms with E-state index in [-0.39, 0.29) is 5.41 Å². The van der Waals surface area contributed by atoms with Crippen LogP contribution in [0.3, 0.4) is 0 Å². The second-order valence-electron chi connectivity index (χ2n) is 6.38. The van der Waals surface area contributed by atoms with E-state index in [1.807, 2.05) is 18.3 Å². The van der Waals surface area contributed by atoms with Gasteiger partial charge in [0.1, 0.15) is 5.58 Å². The van der Waals surface area contributed by atoms with Crippen molar-refractivity contribution >= 4 is 11.0 Å². The summed E-state index contributed by atoms with van der Waals surface area (Å²) in [6, 6.07) is 10.8. The highest BCUT2D eigenvalue weighted by Gasteiger charge is 2.23. The predicted octanol–water partition coefficient (Wildman–Crippen LogP) is 5.88. The lowest BCUT2D eigenvalue weighted by Crippen LogP contribution is -2.19. The minimum absolute atomic E-state index is 0.218. The molecule has 0 saturated heterocycles. The fourth-order valence-corrected chi connectivity index (χ4v) is 2.95. The summed E-state index contributed by atoms with van der Waals surface area (Å²) in [5, 5.41) is 1.04. The molecule has 2 nitrogen and oxygen atoms in total. The van der Waals surface area contributed by atoms with Gasteiger partial charge in [0.2, 0.25) is 0 Å². The van der Waals surface area contributed by atoms with Crippen molar-refractivity contribution in [3.8, 4) is 11.3 Å². The molecular weight excluding hydrogens is 270 g/mol. The molecule has 2 heteroatoms. The van der Waals surface area contributed by atoms with Gasteiger partial charge in [0, 0.05) is 23.2 Å². The molecular formula is C20H23NO. The molecule has 0 N–H and O–H groups in total. The number of aryl methyl sites for hydroxylation is 1. The maximum atomic E-state index is 5.51. The van der Waals surface area contributed by atoms with Crippen LogP contribution in [0.25, 0.3) is 22.2 Å². The van der Waals surface area contributed by atoms with Crippen molar-refractivity contribution in [2.75, 3.05) is 0 Å². The van der Waals surface area contributed by atoms with Gasteiger partial charge in [-0.2, -0.15) is 0 Å². The maximum absolute atomic E-state index is 5.51. The number of furan rings is 1. The lowest BCUT2D eigenvalue weighted by Gasteiger charge is -2.28. The summed E-state index contributed by atoms with van der Waals surface area (Å²) in [6.45, 7) is 9.02. The fraction of sp³-hybridized carbons (Fsp3) is 0.350. The second-order valence-corrected chi connectivity index (χ2v) is 6.38. The van der Waals surface area contributed by atoms with Gasteiger partial charge in [-0.25, -0.2) is 0 Å². The summed E-state index contributed by atoms with van der Waals surface area (Å²) in [4.78, 5) is 4.61. The number of hydrogen-bond donors (Lipinski definition) is 0. The molecule has 0 radical (unpaired) electrons. The molecule has 0 bridgehead atoms. The summed E-state index contributed by atoms with van der Waals surface area (Å²) in [5.41, 5.74) is 5.93. The maximum Gasteiger partial charge on any atom is 0.137 e. The SMILES string of the molecule is CCC(C)(CC)c1cc(C)cc(-c2cc3occc3cn2)c1. The van der Waals surface area contributed by atoms with Crippen molar-refractivity contribution in [3.05, 3.63) is 53.9 Å². The van der Waals surface area contributed by atoms with Gasteiger partial charge in [0.15, 0.2) is 0 Å². The fourth-order valence-electron chi connectivity index (χ4n) is 2.95. The third kappa shape index (κ3) is 2.54. The molecule has 2 heterocycles. The molecule has 0 aliphatic carbocycles. The van der Waals surface area contributed by atoms with E-state index in [2.05, 4.69) is 50.9 Å². The molecule has 0 aliphatic rings. The first-order chi connectivity index (χ1) is 10.6. The van der Waals surface area contributed by atoms with Crippen LogP contribution in [0.15, 0.2) is 47.2 Å². The largest absolute Gasteiger partial charge is 0.464 e. The van der Waals surface area contributed by atoms with Crippen LogP contribution >= 0.6 is 0 Å². The van der Waals surface area contributed by atoms with E-state index in [9.17, 15) is 0 Å². The van der Waals surface area contributed by atoms with Gasteiger partial charge in [-0.15, -0.1) is 0 Å². The molecule has 0 aliphatic heterocycles. The molecule has 2 aromatic heterocycles. The topological polar surface area (TPSA) is 26.0 Å². The predicted molar refractivity (Wildman–Crippen MR) is 92.1 cm³/mol. The highest BCUT2D eigenvalue weighted by atomic mass is 16.3. The number of benzene rings is 1. The van der Waals surface area contributed by atoms with E-state index in [0.29, 0.717) is 0 Å². The first-order valence-electron chi connectivity index (χ1n) is 8.01. The molecule has 0 amide bonds. The van der Waals surface area contributed by atoms with Crippen LogP contribution in [-0.4, -0.2) is 4.98 Å². The van der Waals surface area contributed by atoms with Gasteiger partial charge in [-0.1, -0.05) is 32.4 Å². The highest BCUT2D eigenvalue weighted by molar-refractivity contribution is 5.80. The van der Waals surface area contributed by atoms with E-state index >= 15 is 0 Å². The minimum Gasteiger partial charge on any atom is -0.464 e. The average molecular weight is 293 g/mol. The summed E-state index contributed by atoms with van der Waals surface area (Å²) < 4.78 is 5.51. The van der Waals surface area contributed by atoms with Crippen molar-refractivity contribution in [1.29, 1.82) is 0 Å². The molecule has 22 heavy (non-hydrogen) atoms. The molecule has 114 valence electrons. The molecule has 1 aromatic carbocycles. The number of nitrogens with zero attached hydrogens (tertiary/aromatic N) is 1. The summed E-state index contributed by atoms with van der Waals surface area (Å²) in [6.07, 6.45) is 5.87. The van der Waals surface area contributed by atoms with Gasteiger partial charge in [0.25, 0.3) is 0 Å². The van der Waals surface area contributed by atoms with Crippen LogP contribution in [0.4, 0.5) is 0 Å². The van der Waals surface area contributed by atoms with Gasteiger partial charge in [0.05, 0.1) is 12.0 Å². The Bertz CT molecular complexity index is 796. The van der Waals surface area contributed by atoms with Crippen molar-refractivity contribution in [2.45, 2.75) is 46.0 Å². The minimum atomic E-state index is 0.218. The van der Waals surface area contributed by atoms with E-state index in [1.165, 1.54) is 16.7 Å². The van der Waals surface area contributed by atoms with Gasteiger partial charge >= 0.3 is 0 Å². The van der Waals surface area contributed by atoms with E-state index in [1.54, 1.807) is 6.26 Å². The zero-order valence-electron chi connectivity index (χ0n) is 13.8. The van der Waals surface area contributed by atoms with Crippen LogP contribution in [0.5, 0.6) is 0 Å². The lowest BCUT2D eigenvalue weighted by atomic mass is 9.77. The molecule has 0 fully saturated rings. The van der Waals surface area contributed by atoms with Crippen LogP contribution in [0.1, 0.15) is 44.7 Å². The molecule has 0 unspecified atom stereocenters. The summed E-state index contributed by atoms with van der Waals surface area (Å²) in [5.74, 6) is 0. The normalized spacial score (nSPS) is 12.0. The molecule has 0 atom stereocenters.